The van der Waals surface area contributed by atoms with Gasteiger partial charge in [-0.15, -0.1) is 6.58 Å². The number of allylic oxidation sites excluding steroid dienone is 1. The molecule has 1 aliphatic heterocycles. The van der Waals surface area contributed by atoms with Crippen LogP contribution in [-0.2, 0) is 22.6 Å². The molecule has 1 aliphatic rings. The summed E-state index contributed by atoms with van der Waals surface area (Å²) in [5.41, 5.74) is 2.34. The summed E-state index contributed by atoms with van der Waals surface area (Å²) in [6, 6.07) is 15.6. The molecule has 1 saturated heterocycles. The lowest BCUT2D eigenvalue weighted by atomic mass is 10.0. The Bertz CT molecular complexity index is 1470. The van der Waals surface area contributed by atoms with Gasteiger partial charge in [0.15, 0.2) is 16.6 Å². The zero-order chi connectivity index (χ0) is 27.4. The minimum absolute atomic E-state index is 0.0998. The Balaban J connectivity index is 1.71. The van der Waals surface area contributed by atoms with Crippen LogP contribution in [0.15, 0.2) is 72.8 Å². The minimum Gasteiger partial charge on any atom is -0.493 e. The summed E-state index contributed by atoms with van der Waals surface area (Å²) in [6.07, 6.45) is 3.64. The van der Waals surface area contributed by atoms with E-state index in [1.54, 1.807) is 48.5 Å². The zero-order valence-electron chi connectivity index (χ0n) is 20.1. The van der Waals surface area contributed by atoms with Crippen molar-refractivity contribution >= 4 is 75.7 Å². The Hall–Kier alpha value is -3.36. The molecule has 10 heteroatoms. The average molecular weight is 588 g/mol. The summed E-state index contributed by atoms with van der Waals surface area (Å²) in [7, 11) is 1.51. The Kier molecular flexibility index (Phi) is 8.74. The molecule has 194 valence electrons. The third-order valence-electron chi connectivity index (χ3n) is 5.62. The number of halogens is 3. The van der Waals surface area contributed by atoms with Crippen LogP contribution in [0.4, 0.5) is 5.69 Å². The lowest BCUT2D eigenvalue weighted by Gasteiger charge is -2.29. The zero-order valence-corrected chi connectivity index (χ0v) is 23.2. The van der Waals surface area contributed by atoms with E-state index in [0.717, 1.165) is 16.0 Å². The Labute approximate surface area is 240 Å². The number of carbonyl (C=O) groups excluding carboxylic acids is 2. The van der Waals surface area contributed by atoms with Crippen LogP contribution in [0.1, 0.15) is 16.7 Å². The van der Waals surface area contributed by atoms with Gasteiger partial charge in [0, 0.05) is 10.6 Å². The molecule has 0 bridgehead atoms. The lowest BCUT2D eigenvalue weighted by molar-refractivity contribution is -0.122. The molecule has 1 fully saturated rings. The quantitative estimate of drug-likeness (QED) is 0.136. The smallest absolute Gasteiger partial charge is 0.270 e. The number of anilines is 1. The lowest BCUT2D eigenvalue weighted by Crippen LogP contribution is -2.54. The maximum Gasteiger partial charge on any atom is 0.270 e. The van der Waals surface area contributed by atoms with Gasteiger partial charge in [-0.3, -0.25) is 19.8 Å². The van der Waals surface area contributed by atoms with Crippen molar-refractivity contribution in [2.24, 2.45) is 0 Å². The molecule has 0 radical (unpaired) electrons. The molecular formula is C28H21Cl3N2O4S. The monoisotopic (exact) mass is 586 g/mol. The summed E-state index contributed by atoms with van der Waals surface area (Å²) in [6.45, 7) is 4.11. The second-order valence-electron chi connectivity index (χ2n) is 8.15. The van der Waals surface area contributed by atoms with Crippen molar-refractivity contribution in [2.75, 3.05) is 12.0 Å². The number of hydrogen-bond donors (Lipinski definition) is 1. The number of methoxy groups -OCH3 is 1. The molecule has 1 heterocycles. The second kappa shape index (κ2) is 12.0. The molecule has 0 atom stereocenters. The molecule has 1 N–H and O–H groups in total. The summed E-state index contributed by atoms with van der Waals surface area (Å²) in [5.74, 6) is -0.326. The Morgan fingerprint density at radius 3 is 2.50 bits per heavy atom. The van der Waals surface area contributed by atoms with E-state index in [2.05, 4.69) is 11.9 Å². The number of hydrogen-bond acceptors (Lipinski definition) is 5. The predicted molar refractivity (Wildman–Crippen MR) is 155 cm³/mol. The maximum absolute atomic E-state index is 13.5. The molecule has 3 aromatic rings. The van der Waals surface area contributed by atoms with Gasteiger partial charge in [0.2, 0.25) is 0 Å². The molecular weight excluding hydrogens is 567 g/mol. The Morgan fingerprint density at radius 1 is 1.08 bits per heavy atom. The molecule has 3 aromatic carbocycles. The summed E-state index contributed by atoms with van der Waals surface area (Å²) in [5, 5.41) is 3.46. The van der Waals surface area contributed by atoms with Gasteiger partial charge in [-0.1, -0.05) is 59.1 Å². The van der Waals surface area contributed by atoms with E-state index < -0.39 is 11.8 Å². The van der Waals surface area contributed by atoms with E-state index >= 15 is 0 Å². The molecule has 0 aliphatic carbocycles. The van der Waals surface area contributed by atoms with Crippen LogP contribution < -0.4 is 19.7 Å². The molecule has 0 spiro atoms. The van der Waals surface area contributed by atoms with Gasteiger partial charge in [0.1, 0.15) is 12.2 Å². The largest absolute Gasteiger partial charge is 0.493 e. The van der Waals surface area contributed by atoms with Gasteiger partial charge in [0.25, 0.3) is 11.8 Å². The molecule has 4 rings (SSSR count). The van der Waals surface area contributed by atoms with Crippen LogP contribution in [-0.4, -0.2) is 24.0 Å². The van der Waals surface area contributed by atoms with Gasteiger partial charge in [0.05, 0.1) is 22.8 Å². The van der Waals surface area contributed by atoms with Crippen molar-refractivity contribution in [3.63, 3.8) is 0 Å². The first kappa shape index (κ1) is 27.7. The molecule has 6 nitrogen and oxygen atoms in total. The van der Waals surface area contributed by atoms with Crippen molar-refractivity contribution in [3.8, 4) is 11.5 Å². The highest BCUT2D eigenvalue weighted by molar-refractivity contribution is 7.80. The second-order valence-corrected chi connectivity index (χ2v) is 9.76. The summed E-state index contributed by atoms with van der Waals surface area (Å²) >= 11 is 23.7. The summed E-state index contributed by atoms with van der Waals surface area (Å²) in [4.78, 5) is 27.4. The number of ether oxygens (including phenoxy) is 2. The van der Waals surface area contributed by atoms with E-state index in [1.807, 2.05) is 12.1 Å². The minimum atomic E-state index is -0.643. The van der Waals surface area contributed by atoms with E-state index in [-0.39, 0.29) is 33.0 Å². The topological polar surface area (TPSA) is 67.9 Å². The third kappa shape index (κ3) is 5.87. The van der Waals surface area contributed by atoms with Gasteiger partial charge in [-0.25, -0.2) is 0 Å². The number of amides is 2. The number of benzene rings is 3. The van der Waals surface area contributed by atoms with Crippen LogP contribution in [0.3, 0.4) is 0 Å². The fourth-order valence-electron chi connectivity index (χ4n) is 3.83. The molecule has 0 saturated carbocycles. The van der Waals surface area contributed by atoms with Crippen molar-refractivity contribution < 1.29 is 19.1 Å². The van der Waals surface area contributed by atoms with Crippen molar-refractivity contribution in [1.29, 1.82) is 0 Å². The van der Waals surface area contributed by atoms with Crippen molar-refractivity contribution in [2.45, 2.75) is 13.0 Å². The van der Waals surface area contributed by atoms with Crippen LogP contribution in [0.2, 0.25) is 15.1 Å². The number of nitrogens with one attached hydrogen (secondary N) is 1. The molecule has 2 amide bonds. The average Bonchev–Trinajstić information content (AvgIpc) is 2.89. The standard InChI is InChI=1S/C28H21Cl3N2O4S/c1-3-5-18-12-17(14-23(36-2)25(18)37-15-16-8-10-19(29)11-9-16)13-20-26(34)32-28(38)33(27(20)35)22-7-4-6-21(30)24(22)31/h3-4,6-14H,1,5,15H2,2H3,(H,32,34,38)/b20-13+. The number of carbonyl (C=O) groups is 2. The van der Waals surface area contributed by atoms with E-state index in [0.29, 0.717) is 28.5 Å². The van der Waals surface area contributed by atoms with Crippen molar-refractivity contribution in [1.82, 2.24) is 5.32 Å². The molecule has 0 aromatic heterocycles. The van der Waals surface area contributed by atoms with Crippen molar-refractivity contribution in [3.05, 3.63) is 105 Å². The van der Waals surface area contributed by atoms with Gasteiger partial charge >= 0.3 is 0 Å². The first-order valence-corrected chi connectivity index (χ1v) is 12.8. The molecule has 0 unspecified atom stereocenters. The number of nitrogens with zero attached hydrogens (tertiary/aromatic N) is 1. The number of rotatable bonds is 8. The summed E-state index contributed by atoms with van der Waals surface area (Å²) < 4.78 is 11.7. The van der Waals surface area contributed by atoms with E-state index in [4.69, 9.17) is 56.5 Å². The highest BCUT2D eigenvalue weighted by Gasteiger charge is 2.35. The van der Waals surface area contributed by atoms with E-state index in [9.17, 15) is 9.59 Å². The van der Waals surface area contributed by atoms with Crippen LogP contribution in [0.25, 0.3) is 6.08 Å². The highest BCUT2D eigenvalue weighted by atomic mass is 35.5. The SMILES string of the molecule is C=CCc1cc(/C=C2\C(=O)NC(=S)N(c3cccc(Cl)c3Cl)C2=O)cc(OC)c1OCc1ccc(Cl)cc1. The van der Waals surface area contributed by atoms with E-state index in [1.165, 1.54) is 13.2 Å². The van der Waals surface area contributed by atoms with Crippen LogP contribution in [0.5, 0.6) is 11.5 Å². The van der Waals surface area contributed by atoms with Gasteiger partial charge in [-0.05, 0) is 72.2 Å². The third-order valence-corrected chi connectivity index (χ3v) is 6.97. The number of thiocarbonyl (C=S) groups is 1. The van der Waals surface area contributed by atoms with Crippen LogP contribution in [0, 0.1) is 0 Å². The van der Waals surface area contributed by atoms with Crippen LogP contribution >= 0.6 is 47.0 Å². The van der Waals surface area contributed by atoms with Gasteiger partial charge in [-0.2, -0.15) is 0 Å². The first-order valence-electron chi connectivity index (χ1n) is 11.3. The highest BCUT2D eigenvalue weighted by Crippen LogP contribution is 2.37. The normalized spacial score (nSPS) is 14.5. The first-order chi connectivity index (χ1) is 18.2. The Morgan fingerprint density at radius 2 is 1.82 bits per heavy atom. The fourth-order valence-corrected chi connectivity index (χ4v) is 4.61. The molecule has 38 heavy (non-hydrogen) atoms. The predicted octanol–water partition coefficient (Wildman–Crippen LogP) is 6.79. The van der Waals surface area contributed by atoms with Gasteiger partial charge < -0.3 is 9.47 Å². The maximum atomic E-state index is 13.5. The fraction of sp³-hybridized carbons (Fsp3) is 0.107.